The number of rotatable bonds is 7. The van der Waals surface area contributed by atoms with E-state index in [1.54, 1.807) is 31.2 Å². The summed E-state index contributed by atoms with van der Waals surface area (Å²) in [5.41, 5.74) is 0.472. The SMILES string of the molecule is CCCS(=O)(=O)c1ccccc1NC(C)C(=O)NCC. The van der Waals surface area contributed by atoms with E-state index in [0.717, 1.165) is 0 Å². The molecule has 1 atom stereocenters. The number of carbonyl (C=O) groups excluding carboxylic acids is 1. The van der Waals surface area contributed by atoms with Crippen LogP contribution >= 0.6 is 0 Å². The third-order valence-corrected chi connectivity index (χ3v) is 4.78. The van der Waals surface area contributed by atoms with Crippen molar-refractivity contribution in [2.45, 2.75) is 38.1 Å². The lowest BCUT2D eigenvalue weighted by Crippen LogP contribution is -2.37. The molecule has 0 radical (unpaired) electrons. The smallest absolute Gasteiger partial charge is 0.242 e. The van der Waals surface area contributed by atoms with Crippen LogP contribution in [0, 0.1) is 0 Å². The van der Waals surface area contributed by atoms with Crippen molar-refractivity contribution < 1.29 is 13.2 Å². The van der Waals surface area contributed by atoms with Crippen LogP contribution in [-0.4, -0.2) is 32.7 Å². The molecule has 1 aromatic carbocycles. The van der Waals surface area contributed by atoms with Crippen LogP contribution in [0.3, 0.4) is 0 Å². The molecule has 5 nitrogen and oxygen atoms in total. The van der Waals surface area contributed by atoms with E-state index in [1.165, 1.54) is 0 Å². The Balaban J connectivity index is 3.00. The van der Waals surface area contributed by atoms with Gasteiger partial charge in [-0.3, -0.25) is 4.79 Å². The molecule has 1 aromatic rings. The Bertz CT molecular complexity index is 555. The number of hydrogen-bond donors (Lipinski definition) is 2. The van der Waals surface area contributed by atoms with Gasteiger partial charge in [0.15, 0.2) is 9.84 Å². The maximum absolute atomic E-state index is 12.2. The Morgan fingerprint density at radius 2 is 1.90 bits per heavy atom. The molecule has 1 rings (SSSR count). The molecule has 0 aliphatic heterocycles. The van der Waals surface area contributed by atoms with Gasteiger partial charge < -0.3 is 10.6 Å². The van der Waals surface area contributed by atoms with E-state index >= 15 is 0 Å². The van der Waals surface area contributed by atoms with Crippen LogP contribution in [0.5, 0.6) is 0 Å². The number of para-hydroxylation sites is 1. The minimum atomic E-state index is -3.32. The Morgan fingerprint density at radius 3 is 2.50 bits per heavy atom. The van der Waals surface area contributed by atoms with Gasteiger partial charge in [0.1, 0.15) is 6.04 Å². The Labute approximate surface area is 120 Å². The van der Waals surface area contributed by atoms with Gasteiger partial charge in [-0.1, -0.05) is 19.1 Å². The van der Waals surface area contributed by atoms with Gasteiger partial charge >= 0.3 is 0 Å². The monoisotopic (exact) mass is 298 g/mol. The van der Waals surface area contributed by atoms with E-state index < -0.39 is 15.9 Å². The van der Waals surface area contributed by atoms with E-state index in [9.17, 15) is 13.2 Å². The second kappa shape index (κ2) is 7.28. The molecule has 0 heterocycles. The number of likely N-dealkylation sites (N-methyl/N-ethyl adjacent to an activating group) is 1. The zero-order valence-corrected chi connectivity index (χ0v) is 13.0. The first-order valence-electron chi connectivity index (χ1n) is 6.78. The van der Waals surface area contributed by atoms with Crippen LogP contribution in [0.25, 0.3) is 0 Å². The highest BCUT2D eigenvalue weighted by molar-refractivity contribution is 7.91. The highest BCUT2D eigenvalue weighted by Crippen LogP contribution is 2.23. The second-order valence-electron chi connectivity index (χ2n) is 4.58. The third-order valence-electron chi connectivity index (χ3n) is 2.81. The summed E-state index contributed by atoms with van der Waals surface area (Å²) in [6.07, 6.45) is 0.558. The molecular weight excluding hydrogens is 276 g/mol. The van der Waals surface area contributed by atoms with Gasteiger partial charge in [0, 0.05) is 6.54 Å². The lowest BCUT2D eigenvalue weighted by atomic mass is 10.2. The highest BCUT2D eigenvalue weighted by Gasteiger charge is 2.20. The van der Waals surface area contributed by atoms with Gasteiger partial charge in [-0.2, -0.15) is 0 Å². The molecule has 0 aliphatic carbocycles. The zero-order valence-electron chi connectivity index (χ0n) is 12.1. The molecule has 20 heavy (non-hydrogen) atoms. The average Bonchev–Trinajstić information content (AvgIpc) is 2.39. The molecule has 0 saturated heterocycles. The minimum absolute atomic E-state index is 0.0984. The first-order chi connectivity index (χ1) is 9.42. The van der Waals surface area contributed by atoms with Crippen molar-refractivity contribution >= 4 is 21.4 Å². The molecule has 0 aliphatic rings. The van der Waals surface area contributed by atoms with E-state index in [0.29, 0.717) is 18.7 Å². The number of nitrogens with one attached hydrogen (secondary N) is 2. The van der Waals surface area contributed by atoms with E-state index in [4.69, 9.17) is 0 Å². The van der Waals surface area contributed by atoms with E-state index in [-0.39, 0.29) is 16.6 Å². The van der Waals surface area contributed by atoms with Crippen molar-refractivity contribution in [3.05, 3.63) is 24.3 Å². The lowest BCUT2D eigenvalue weighted by molar-refractivity contribution is -0.121. The van der Waals surface area contributed by atoms with Crippen molar-refractivity contribution in [3.8, 4) is 0 Å². The summed E-state index contributed by atoms with van der Waals surface area (Å²) in [6.45, 7) is 5.91. The van der Waals surface area contributed by atoms with Gasteiger partial charge in [-0.05, 0) is 32.4 Å². The molecule has 112 valence electrons. The Hall–Kier alpha value is -1.56. The standard InChI is InChI=1S/C14H22N2O3S/c1-4-10-20(18,19)13-9-7-6-8-12(13)16-11(3)14(17)15-5-2/h6-9,11,16H,4-5,10H2,1-3H3,(H,15,17). The number of benzene rings is 1. The normalized spacial score (nSPS) is 12.8. The van der Waals surface area contributed by atoms with Crippen LogP contribution in [0.4, 0.5) is 5.69 Å². The van der Waals surface area contributed by atoms with Gasteiger partial charge in [0.2, 0.25) is 5.91 Å². The number of sulfone groups is 1. The van der Waals surface area contributed by atoms with Crippen molar-refractivity contribution in [1.82, 2.24) is 5.32 Å². The minimum Gasteiger partial charge on any atom is -0.373 e. The average molecular weight is 298 g/mol. The molecule has 1 unspecified atom stereocenters. The summed E-state index contributed by atoms with van der Waals surface area (Å²) in [5, 5.41) is 5.67. The summed E-state index contributed by atoms with van der Waals surface area (Å²) < 4.78 is 24.4. The highest BCUT2D eigenvalue weighted by atomic mass is 32.2. The van der Waals surface area contributed by atoms with Crippen molar-refractivity contribution in [1.29, 1.82) is 0 Å². The van der Waals surface area contributed by atoms with Crippen LogP contribution in [-0.2, 0) is 14.6 Å². The first-order valence-corrected chi connectivity index (χ1v) is 8.43. The molecule has 0 bridgehead atoms. The Morgan fingerprint density at radius 1 is 1.25 bits per heavy atom. The maximum atomic E-state index is 12.2. The fraction of sp³-hybridized carbons (Fsp3) is 0.500. The fourth-order valence-corrected chi connectivity index (χ4v) is 3.37. The summed E-state index contributed by atoms with van der Waals surface area (Å²) in [6, 6.07) is 6.19. The van der Waals surface area contributed by atoms with Crippen molar-refractivity contribution in [2.75, 3.05) is 17.6 Å². The van der Waals surface area contributed by atoms with Gasteiger partial charge in [-0.15, -0.1) is 0 Å². The number of anilines is 1. The summed E-state index contributed by atoms with van der Waals surface area (Å²) in [7, 11) is -3.32. The van der Waals surface area contributed by atoms with Gasteiger partial charge in [0.05, 0.1) is 16.3 Å². The van der Waals surface area contributed by atoms with Crippen LogP contribution in [0.2, 0.25) is 0 Å². The summed E-state index contributed by atoms with van der Waals surface area (Å²) in [4.78, 5) is 12.0. The van der Waals surface area contributed by atoms with Crippen molar-refractivity contribution in [2.24, 2.45) is 0 Å². The zero-order chi connectivity index (χ0) is 15.2. The predicted octanol–water partition coefficient (Wildman–Crippen LogP) is 1.81. The molecule has 0 fully saturated rings. The van der Waals surface area contributed by atoms with E-state index in [2.05, 4.69) is 10.6 Å². The molecule has 6 heteroatoms. The van der Waals surface area contributed by atoms with Gasteiger partial charge in [-0.25, -0.2) is 8.42 Å². The maximum Gasteiger partial charge on any atom is 0.242 e. The number of amides is 1. The quantitative estimate of drug-likeness (QED) is 0.805. The van der Waals surface area contributed by atoms with Gasteiger partial charge in [0.25, 0.3) is 0 Å². The molecule has 0 spiro atoms. The molecule has 1 amide bonds. The van der Waals surface area contributed by atoms with Crippen LogP contribution in [0.1, 0.15) is 27.2 Å². The summed E-state index contributed by atoms with van der Waals surface area (Å²) in [5.74, 6) is -0.0588. The lowest BCUT2D eigenvalue weighted by Gasteiger charge is -2.17. The third kappa shape index (κ3) is 4.23. The fourth-order valence-electron chi connectivity index (χ4n) is 1.86. The predicted molar refractivity (Wildman–Crippen MR) is 80.6 cm³/mol. The molecule has 0 aromatic heterocycles. The first kappa shape index (κ1) is 16.5. The second-order valence-corrected chi connectivity index (χ2v) is 6.65. The van der Waals surface area contributed by atoms with Crippen LogP contribution in [0.15, 0.2) is 29.2 Å². The topological polar surface area (TPSA) is 75.3 Å². The largest absolute Gasteiger partial charge is 0.373 e. The molecule has 0 saturated carbocycles. The Kier molecular flexibility index (Phi) is 6.01. The number of carbonyl (C=O) groups is 1. The number of hydrogen-bond acceptors (Lipinski definition) is 4. The molecular formula is C14H22N2O3S. The van der Waals surface area contributed by atoms with E-state index in [1.807, 2.05) is 13.8 Å². The van der Waals surface area contributed by atoms with Crippen molar-refractivity contribution in [3.63, 3.8) is 0 Å². The summed E-state index contributed by atoms with van der Waals surface area (Å²) >= 11 is 0. The van der Waals surface area contributed by atoms with Crippen LogP contribution < -0.4 is 10.6 Å². The molecule has 2 N–H and O–H groups in total.